The van der Waals surface area contributed by atoms with E-state index in [9.17, 15) is 14.0 Å². The van der Waals surface area contributed by atoms with Crippen LogP contribution in [0.15, 0.2) is 36.4 Å². The lowest BCUT2D eigenvalue weighted by Crippen LogP contribution is -2.14. The van der Waals surface area contributed by atoms with Gasteiger partial charge in [-0.2, -0.15) is 0 Å². The predicted octanol–water partition coefficient (Wildman–Crippen LogP) is 3.28. The molecule has 0 atom stereocenters. The van der Waals surface area contributed by atoms with Crippen LogP contribution in [0.2, 0.25) is 0 Å². The number of ketones is 1. The van der Waals surface area contributed by atoms with E-state index in [4.69, 9.17) is 18.9 Å². The van der Waals surface area contributed by atoms with E-state index in [2.05, 4.69) is 0 Å². The molecule has 7 heteroatoms. The summed E-state index contributed by atoms with van der Waals surface area (Å²) in [6.07, 6.45) is 0. The molecule has 6 nitrogen and oxygen atoms in total. The highest BCUT2D eigenvalue weighted by molar-refractivity contribution is 5.99. The Morgan fingerprint density at radius 1 is 0.923 bits per heavy atom. The van der Waals surface area contributed by atoms with Crippen LogP contribution in [0.25, 0.3) is 0 Å². The van der Waals surface area contributed by atoms with E-state index in [1.165, 1.54) is 38.5 Å². The quantitative estimate of drug-likeness (QED) is 0.530. The standard InChI is InChI=1S/C19H19FO6/c1-4-25-17-8-6-13(10-18(17)24-3)19(22)26-11-15(21)12-5-7-16(23-2)14(20)9-12/h5-10H,4,11H2,1-3H3. The minimum Gasteiger partial charge on any atom is -0.494 e. The van der Waals surface area contributed by atoms with E-state index in [-0.39, 0.29) is 16.9 Å². The van der Waals surface area contributed by atoms with Gasteiger partial charge in [-0.3, -0.25) is 4.79 Å². The Balaban J connectivity index is 2.04. The molecule has 2 aromatic carbocycles. The SMILES string of the molecule is CCOc1ccc(C(=O)OCC(=O)c2ccc(OC)c(F)c2)cc1OC. The third kappa shape index (κ3) is 4.50. The maximum absolute atomic E-state index is 13.6. The van der Waals surface area contributed by atoms with Crippen molar-refractivity contribution in [1.29, 1.82) is 0 Å². The number of carbonyl (C=O) groups excluding carboxylic acids is 2. The lowest BCUT2D eigenvalue weighted by Gasteiger charge is -2.11. The number of hydrogen-bond donors (Lipinski definition) is 0. The molecule has 2 aromatic rings. The van der Waals surface area contributed by atoms with Crippen LogP contribution >= 0.6 is 0 Å². The minimum absolute atomic E-state index is 0.0278. The second kappa shape index (κ2) is 8.84. The lowest BCUT2D eigenvalue weighted by atomic mass is 10.1. The van der Waals surface area contributed by atoms with Gasteiger partial charge in [-0.1, -0.05) is 0 Å². The van der Waals surface area contributed by atoms with Crippen molar-refractivity contribution in [3.05, 3.63) is 53.3 Å². The number of carbonyl (C=O) groups is 2. The second-order valence-electron chi connectivity index (χ2n) is 5.15. The summed E-state index contributed by atoms with van der Waals surface area (Å²) < 4.78 is 34.0. The van der Waals surface area contributed by atoms with Gasteiger partial charge in [0.15, 0.2) is 35.5 Å². The van der Waals surface area contributed by atoms with Crippen molar-refractivity contribution in [3.63, 3.8) is 0 Å². The highest BCUT2D eigenvalue weighted by Gasteiger charge is 2.16. The van der Waals surface area contributed by atoms with Crippen LogP contribution in [0.1, 0.15) is 27.6 Å². The summed E-state index contributed by atoms with van der Waals surface area (Å²) in [7, 11) is 2.78. The molecule has 0 radical (unpaired) electrons. The minimum atomic E-state index is -0.700. The van der Waals surface area contributed by atoms with E-state index < -0.39 is 24.2 Å². The molecule has 138 valence electrons. The average Bonchev–Trinajstić information content (AvgIpc) is 2.66. The number of Topliss-reactive ketones (excluding diaryl/α,β-unsaturated/α-hetero) is 1. The molecule has 0 saturated carbocycles. The van der Waals surface area contributed by atoms with Gasteiger partial charge in [0, 0.05) is 5.56 Å². The molecule has 0 fully saturated rings. The van der Waals surface area contributed by atoms with Crippen molar-refractivity contribution in [2.75, 3.05) is 27.4 Å². The van der Waals surface area contributed by atoms with Gasteiger partial charge >= 0.3 is 5.97 Å². The fourth-order valence-corrected chi connectivity index (χ4v) is 2.21. The molecular formula is C19H19FO6. The summed E-state index contributed by atoms with van der Waals surface area (Å²) in [5.41, 5.74) is 0.291. The van der Waals surface area contributed by atoms with Gasteiger partial charge in [0.2, 0.25) is 0 Å². The average molecular weight is 362 g/mol. The highest BCUT2D eigenvalue weighted by Crippen LogP contribution is 2.28. The number of ether oxygens (including phenoxy) is 4. The molecule has 26 heavy (non-hydrogen) atoms. The first-order chi connectivity index (χ1) is 12.5. The maximum atomic E-state index is 13.6. The molecule has 0 heterocycles. The molecular weight excluding hydrogens is 343 g/mol. The van der Waals surface area contributed by atoms with E-state index >= 15 is 0 Å². The molecule has 0 amide bonds. The van der Waals surface area contributed by atoms with Crippen LogP contribution in [0.5, 0.6) is 17.2 Å². The number of halogens is 1. The molecule has 0 aliphatic carbocycles. The summed E-state index contributed by atoms with van der Waals surface area (Å²) >= 11 is 0. The lowest BCUT2D eigenvalue weighted by molar-refractivity contribution is 0.0474. The van der Waals surface area contributed by atoms with Gasteiger partial charge in [-0.25, -0.2) is 9.18 Å². The Bertz CT molecular complexity index is 803. The Hall–Kier alpha value is -3.09. The fourth-order valence-electron chi connectivity index (χ4n) is 2.21. The van der Waals surface area contributed by atoms with Crippen molar-refractivity contribution in [2.24, 2.45) is 0 Å². The third-order valence-corrected chi connectivity index (χ3v) is 3.51. The molecule has 0 N–H and O–H groups in total. The molecule has 2 rings (SSSR count). The summed E-state index contributed by atoms with van der Waals surface area (Å²) in [6, 6.07) is 8.33. The van der Waals surface area contributed by atoms with Crippen LogP contribution < -0.4 is 14.2 Å². The summed E-state index contributed by atoms with van der Waals surface area (Å²) in [6.45, 7) is 1.77. The molecule has 0 bridgehead atoms. The normalized spacial score (nSPS) is 10.2. The topological polar surface area (TPSA) is 71.1 Å². The van der Waals surface area contributed by atoms with Crippen molar-refractivity contribution in [3.8, 4) is 17.2 Å². The first-order valence-electron chi connectivity index (χ1n) is 7.84. The van der Waals surface area contributed by atoms with Crippen LogP contribution in [0.4, 0.5) is 4.39 Å². The van der Waals surface area contributed by atoms with Gasteiger partial charge in [-0.15, -0.1) is 0 Å². The zero-order chi connectivity index (χ0) is 19.1. The second-order valence-corrected chi connectivity index (χ2v) is 5.15. The van der Waals surface area contributed by atoms with Gasteiger partial charge < -0.3 is 18.9 Å². The zero-order valence-corrected chi connectivity index (χ0v) is 14.7. The Labute approximate surface area is 150 Å². The number of esters is 1. The first-order valence-corrected chi connectivity index (χ1v) is 7.84. The Kier molecular flexibility index (Phi) is 6.54. The van der Waals surface area contributed by atoms with Crippen LogP contribution in [0.3, 0.4) is 0 Å². The molecule has 0 aliphatic rings. The van der Waals surface area contributed by atoms with Gasteiger partial charge in [0.05, 0.1) is 26.4 Å². The zero-order valence-electron chi connectivity index (χ0n) is 14.7. The van der Waals surface area contributed by atoms with Crippen molar-refractivity contribution < 1.29 is 32.9 Å². The van der Waals surface area contributed by atoms with Crippen molar-refractivity contribution in [2.45, 2.75) is 6.92 Å². The largest absolute Gasteiger partial charge is 0.494 e. The summed E-state index contributed by atoms with van der Waals surface area (Å²) in [5.74, 6) is -0.992. The predicted molar refractivity (Wildman–Crippen MR) is 91.7 cm³/mol. The summed E-state index contributed by atoms with van der Waals surface area (Å²) in [4.78, 5) is 24.2. The van der Waals surface area contributed by atoms with Crippen LogP contribution in [0, 0.1) is 5.82 Å². The molecule has 0 unspecified atom stereocenters. The molecule has 0 aromatic heterocycles. The molecule has 0 aliphatic heterocycles. The monoisotopic (exact) mass is 362 g/mol. The first kappa shape index (κ1) is 19.2. The van der Waals surface area contributed by atoms with Gasteiger partial charge in [0.25, 0.3) is 0 Å². The highest BCUT2D eigenvalue weighted by atomic mass is 19.1. The number of hydrogen-bond acceptors (Lipinski definition) is 6. The van der Waals surface area contributed by atoms with E-state index in [1.807, 2.05) is 6.92 Å². The Morgan fingerprint density at radius 3 is 2.19 bits per heavy atom. The molecule has 0 saturated heterocycles. The Morgan fingerprint density at radius 2 is 1.58 bits per heavy atom. The number of rotatable bonds is 8. The fraction of sp³-hybridized carbons (Fsp3) is 0.263. The van der Waals surface area contributed by atoms with Crippen LogP contribution in [-0.4, -0.2) is 39.2 Å². The van der Waals surface area contributed by atoms with Crippen molar-refractivity contribution >= 4 is 11.8 Å². The number of benzene rings is 2. The van der Waals surface area contributed by atoms with E-state index in [0.29, 0.717) is 18.1 Å². The smallest absolute Gasteiger partial charge is 0.338 e. The van der Waals surface area contributed by atoms with Crippen LogP contribution in [-0.2, 0) is 4.74 Å². The van der Waals surface area contributed by atoms with Crippen molar-refractivity contribution in [1.82, 2.24) is 0 Å². The van der Waals surface area contributed by atoms with E-state index in [0.717, 1.165) is 6.07 Å². The number of methoxy groups -OCH3 is 2. The summed E-state index contributed by atoms with van der Waals surface area (Å²) in [5, 5.41) is 0. The van der Waals surface area contributed by atoms with Gasteiger partial charge in [-0.05, 0) is 43.3 Å². The van der Waals surface area contributed by atoms with Gasteiger partial charge in [0.1, 0.15) is 0 Å². The third-order valence-electron chi connectivity index (χ3n) is 3.51. The molecule has 0 spiro atoms. The maximum Gasteiger partial charge on any atom is 0.338 e. The van der Waals surface area contributed by atoms with E-state index in [1.54, 1.807) is 6.07 Å².